The molecule has 2 rings (SSSR count). The standard InChI is InChI=1S/C11H12ClNO/c1-11(2,3)7-6-14-8-4-5-9(12)13-10(7)8/h4-6H,1-3H3. The molecule has 0 saturated carbocycles. The van der Waals surface area contributed by atoms with Gasteiger partial charge in [0.15, 0.2) is 5.58 Å². The molecule has 0 amide bonds. The predicted octanol–water partition coefficient (Wildman–Crippen LogP) is 3.78. The zero-order valence-corrected chi connectivity index (χ0v) is 9.22. The number of rotatable bonds is 0. The summed E-state index contributed by atoms with van der Waals surface area (Å²) < 4.78 is 5.41. The van der Waals surface area contributed by atoms with E-state index in [1.807, 2.05) is 6.07 Å². The van der Waals surface area contributed by atoms with E-state index in [4.69, 9.17) is 16.0 Å². The van der Waals surface area contributed by atoms with E-state index in [2.05, 4.69) is 25.8 Å². The van der Waals surface area contributed by atoms with Gasteiger partial charge in [-0.25, -0.2) is 4.98 Å². The van der Waals surface area contributed by atoms with Gasteiger partial charge < -0.3 is 4.42 Å². The number of hydrogen-bond acceptors (Lipinski definition) is 2. The van der Waals surface area contributed by atoms with Crippen LogP contribution in [0.5, 0.6) is 0 Å². The van der Waals surface area contributed by atoms with Gasteiger partial charge in [0.1, 0.15) is 10.7 Å². The number of fused-ring (bicyclic) bond motifs is 1. The molecule has 14 heavy (non-hydrogen) atoms. The van der Waals surface area contributed by atoms with E-state index in [0.717, 1.165) is 16.7 Å². The lowest BCUT2D eigenvalue weighted by atomic mass is 9.88. The van der Waals surface area contributed by atoms with Crippen LogP contribution in [-0.4, -0.2) is 4.98 Å². The van der Waals surface area contributed by atoms with Crippen molar-refractivity contribution in [3.05, 3.63) is 29.1 Å². The first-order valence-corrected chi connectivity index (χ1v) is 4.90. The molecule has 0 fully saturated rings. The van der Waals surface area contributed by atoms with E-state index in [9.17, 15) is 0 Å². The fourth-order valence-electron chi connectivity index (χ4n) is 1.42. The van der Waals surface area contributed by atoms with Crippen molar-refractivity contribution in [1.82, 2.24) is 4.98 Å². The van der Waals surface area contributed by atoms with Gasteiger partial charge in [-0.15, -0.1) is 0 Å². The van der Waals surface area contributed by atoms with Crippen LogP contribution < -0.4 is 0 Å². The van der Waals surface area contributed by atoms with Crippen LogP contribution in [0.25, 0.3) is 11.1 Å². The molecule has 0 aliphatic heterocycles. The summed E-state index contributed by atoms with van der Waals surface area (Å²) in [7, 11) is 0. The fraction of sp³-hybridized carbons (Fsp3) is 0.364. The molecule has 0 unspecified atom stereocenters. The average Bonchev–Trinajstić information content (AvgIpc) is 2.45. The number of nitrogens with zero attached hydrogens (tertiary/aromatic N) is 1. The van der Waals surface area contributed by atoms with E-state index in [-0.39, 0.29) is 5.41 Å². The quantitative estimate of drug-likeness (QED) is 0.618. The van der Waals surface area contributed by atoms with Crippen molar-refractivity contribution < 1.29 is 4.42 Å². The van der Waals surface area contributed by atoms with E-state index in [0.29, 0.717) is 5.15 Å². The van der Waals surface area contributed by atoms with Crippen LogP contribution in [0.2, 0.25) is 5.15 Å². The predicted molar refractivity (Wildman–Crippen MR) is 57.7 cm³/mol. The highest BCUT2D eigenvalue weighted by molar-refractivity contribution is 6.29. The minimum absolute atomic E-state index is 0.0307. The number of furan rings is 1. The third-order valence-electron chi connectivity index (χ3n) is 2.19. The van der Waals surface area contributed by atoms with Gasteiger partial charge in [0.25, 0.3) is 0 Å². The van der Waals surface area contributed by atoms with Crippen molar-refractivity contribution in [3.63, 3.8) is 0 Å². The summed E-state index contributed by atoms with van der Waals surface area (Å²) in [6, 6.07) is 3.58. The van der Waals surface area contributed by atoms with Crippen LogP contribution in [0.1, 0.15) is 26.3 Å². The minimum atomic E-state index is 0.0307. The molecule has 0 saturated heterocycles. The lowest BCUT2D eigenvalue weighted by Crippen LogP contribution is -2.10. The topological polar surface area (TPSA) is 26.0 Å². The summed E-state index contributed by atoms with van der Waals surface area (Å²) in [5.41, 5.74) is 2.78. The maximum atomic E-state index is 5.84. The Morgan fingerprint density at radius 1 is 1.29 bits per heavy atom. The largest absolute Gasteiger partial charge is 0.462 e. The molecule has 0 spiro atoms. The first-order chi connectivity index (χ1) is 6.48. The molecule has 0 atom stereocenters. The summed E-state index contributed by atoms with van der Waals surface area (Å²) in [5, 5.41) is 0.504. The Hall–Kier alpha value is -1.02. The third kappa shape index (κ3) is 1.50. The van der Waals surface area contributed by atoms with Gasteiger partial charge in [0, 0.05) is 5.56 Å². The third-order valence-corrected chi connectivity index (χ3v) is 2.40. The average molecular weight is 210 g/mol. The number of halogens is 1. The highest BCUT2D eigenvalue weighted by atomic mass is 35.5. The molecule has 0 N–H and O–H groups in total. The van der Waals surface area contributed by atoms with E-state index in [1.54, 1.807) is 12.3 Å². The van der Waals surface area contributed by atoms with Gasteiger partial charge in [-0.05, 0) is 17.5 Å². The van der Waals surface area contributed by atoms with Crippen molar-refractivity contribution in [1.29, 1.82) is 0 Å². The molecular weight excluding hydrogens is 198 g/mol. The Morgan fingerprint density at radius 3 is 2.64 bits per heavy atom. The van der Waals surface area contributed by atoms with Gasteiger partial charge >= 0.3 is 0 Å². The van der Waals surface area contributed by atoms with Crippen molar-refractivity contribution in [2.45, 2.75) is 26.2 Å². The van der Waals surface area contributed by atoms with Gasteiger partial charge in [-0.1, -0.05) is 32.4 Å². The van der Waals surface area contributed by atoms with Crippen molar-refractivity contribution in [2.24, 2.45) is 0 Å². The van der Waals surface area contributed by atoms with Gasteiger partial charge in [-0.3, -0.25) is 0 Å². The normalized spacial score (nSPS) is 12.3. The first kappa shape index (κ1) is 9.53. The van der Waals surface area contributed by atoms with Gasteiger partial charge in [-0.2, -0.15) is 0 Å². The summed E-state index contributed by atoms with van der Waals surface area (Å²) >= 11 is 5.84. The molecule has 0 aliphatic rings. The molecular formula is C11H12ClNO. The van der Waals surface area contributed by atoms with E-state index >= 15 is 0 Å². The van der Waals surface area contributed by atoms with Crippen LogP contribution in [0.4, 0.5) is 0 Å². The molecule has 0 radical (unpaired) electrons. The Morgan fingerprint density at radius 2 is 2.00 bits per heavy atom. The Labute approximate surface area is 87.9 Å². The van der Waals surface area contributed by atoms with Crippen molar-refractivity contribution in [2.75, 3.05) is 0 Å². The van der Waals surface area contributed by atoms with Crippen LogP contribution in [0, 0.1) is 0 Å². The smallest absolute Gasteiger partial charge is 0.152 e. The van der Waals surface area contributed by atoms with Crippen LogP contribution in [-0.2, 0) is 5.41 Å². The Kier molecular flexibility index (Phi) is 2.04. The first-order valence-electron chi connectivity index (χ1n) is 4.53. The molecule has 74 valence electrons. The maximum absolute atomic E-state index is 5.84. The number of hydrogen-bond donors (Lipinski definition) is 0. The SMILES string of the molecule is CC(C)(C)c1coc2ccc(Cl)nc12. The summed E-state index contributed by atoms with van der Waals surface area (Å²) in [6.45, 7) is 6.37. The van der Waals surface area contributed by atoms with Gasteiger partial charge in [0.05, 0.1) is 6.26 Å². The number of pyridine rings is 1. The molecule has 3 heteroatoms. The minimum Gasteiger partial charge on any atom is -0.462 e. The molecule has 2 aromatic heterocycles. The highest BCUT2D eigenvalue weighted by Gasteiger charge is 2.20. The Balaban J connectivity index is 2.73. The fourth-order valence-corrected chi connectivity index (χ4v) is 1.57. The zero-order chi connectivity index (χ0) is 10.3. The molecule has 2 aromatic rings. The second kappa shape index (κ2) is 2.99. The lowest BCUT2D eigenvalue weighted by Gasteiger charge is -2.15. The zero-order valence-electron chi connectivity index (χ0n) is 8.47. The molecule has 0 aliphatic carbocycles. The summed E-state index contributed by atoms with van der Waals surface area (Å²) in [5.74, 6) is 0. The van der Waals surface area contributed by atoms with Crippen LogP contribution >= 0.6 is 11.6 Å². The van der Waals surface area contributed by atoms with Crippen LogP contribution in [0.3, 0.4) is 0 Å². The maximum Gasteiger partial charge on any atom is 0.152 e. The monoisotopic (exact) mass is 209 g/mol. The second-order valence-electron chi connectivity index (χ2n) is 4.38. The summed E-state index contributed by atoms with van der Waals surface area (Å²) in [4.78, 5) is 4.27. The molecule has 0 aromatic carbocycles. The summed E-state index contributed by atoms with van der Waals surface area (Å²) in [6.07, 6.45) is 1.76. The molecule has 2 heterocycles. The highest BCUT2D eigenvalue weighted by Crippen LogP contribution is 2.30. The lowest BCUT2D eigenvalue weighted by molar-refractivity contribution is 0.557. The Bertz CT molecular complexity index is 468. The van der Waals surface area contributed by atoms with Gasteiger partial charge in [0.2, 0.25) is 0 Å². The van der Waals surface area contributed by atoms with Crippen LogP contribution in [0.15, 0.2) is 22.8 Å². The second-order valence-corrected chi connectivity index (χ2v) is 4.77. The molecule has 2 nitrogen and oxygen atoms in total. The molecule has 0 bridgehead atoms. The van der Waals surface area contributed by atoms with Crippen molar-refractivity contribution in [3.8, 4) is 0 Å². The van der Waals surface area contributed by atoms with Crippen molar-refractivity contribution >= 4 is 22.7 Å². The van der Waals surface area contributed by atoms with E-state index in [1.165, 1.54) is 0 Å². The van der Waals surface area contributed by atoms with E-state index < -0.39 is 0 Å². The number of aromatic nitrogens is 1.